The topological polar surface area (TPSA) is 97.3 Å². The predicted molar refractivity (Wildman–Crippen MR) is 101 cm³/mol. The number of aromatic nitrogens is 3. The largest absolute Gasteiger partial charge is 0.481 e. The number of ether oxygens (including phenoxy) is 1. The molecule has 2 atom stereocenters. The number of rotatable bonds is 4. The molecule has 28 heavy (non-hydrogen) atoms. The second-order valence-corrected chi connectivity index (χ2v) is 7.37. The molecule has 2 aromatic rings. The van der Waals surface area contributed by atoms with Crippen molar-refractivity contribution in [2.24, 2.45) is 0 Å². The lowest BCUT2D eigenvalue weighted by Crippen LogP contribution is -2.52. The molecular weight excluding hydrogens is 358 g/mol. The molecule has 2 aliphatic heterocycles. The Morgan fingerprint density at radius 1 is 1.07 bits per heavy atom. The lowest BCUT2D eigenvalue weighted by molar-refractivity contribution is 0.0548. The van der Waals surface area contributed by atoms with E-state index < -0.39 is 0 Å². The smallest absolute Gasteiger partial charge is 0.271 e. The van der Waals surface area contributed by atoms with Crippen LogP contribution in [0.25, 0.3) is 0 Å². The third-order valence-corrected chi connectivity index (χ3v) is 5.51. The van der Waals surface area contributed by atoms with Crippen LogP contribution < -0.4 is 10.1 Å². The number of piperidine rings is 1. The fourth-order valence-corrected chi connectivity index (χ4v) is 4.17. The number of carbonyl (C=O) groups is 2. The summed E-state index contributed by atoms with van der Waals surface area (Å²) in [5.41, 5.74) is 1.66. The summed E-state index contributed by atoms with van der Waals surface area (Å²) in [6.45, 7) is 1.83. The molecule has 2 amide bonds. The average Bonchev–Trinajstić information content (AvgIpc) is 2.98. The van der Waals surface area contributed by atoms with Gasteiger partial charge in [-0.15, -0.1) is 0 Å². The Labute approximate surface area is 163 Å². The van der Waals surface area contributed by atoms with Crippen LogP contribution >= 0.6 is 0 Å². The van der Waals surface area contributed by atoms with Gasteiger partial charge in [0.05, 0.1) is 24.6 Å². The Hall–Kier alpha value is -3.03. The van der Waals surface area contributed by atoms with Crippen molar-refractivity contribution in [3.05, 3.63) is 47.7 Å². The van der Waals surface area contributed by atoms with Crippen LogP contribution in [0.5, 0.6) is 5.88 Å². The Morgan fingerprint density at radius 3 is 2.39 bits per heavy atom. The lowest BCUT2D eigenvalue weighted by atomic mass is 9.96. The number of nitrogens with zero attached hydrogens (tertiary/aromatic N) is 4. The first-order valence-electron chi connectivity index (χ1n) is 9.47. The molecule has 0 saturated carbocycles. The van der Waals surface area contributed by atoms with Gasteiger partial charge in [-0.05, 0) is 38.7 Å². The van der Waals surface area contributed by atoms with E-state index in [0.29, 0.717) is 17.1 Å². The van der Waals surface area contributed by atoms with Crippen LogP contribution in [0.1, 0.15) is 52.2 Å². The molecule has 4 heterocycles. The number of carbonyl (C=O) groups excluding carboxylic acids is 2. The number of fused-ring (bicyclic) bond motifs is 2. The summed E-state index contributed by atoms with van der Waals surface area (Å²) >= 11 is 0. The molecule has 8 heteroatoms. The minimum Gasteiger partial charge on any atom is -0.481 e. The summed E-state index contributed by atoms with van der Waals surface area (Å²) in [4.78, 5) is 39.8. The lowest BCUT2D eigenvalue weighted by Gasteiger charge is -2.39. The van der Waals surface area contributed by atoms with Crippen LogP contribution in [0, 0.1) is 6.92 Å². The number of hydrogen-bond acceptors (Lipinski definition) is 6. The highest BCUT2D eigenvalue weighted by molar-refractivity contribution is 5.95. The molecule has 0 radical (unpaired) electrons. The molecule has 0 aromatic carbocycles. The Kier molecular flexibility index (Phi) is 4.93. The first kappa shape index (κ1) is 18.3. The molecule has 4 rings (SSSR count). The summed E-state index contributed by atoms with van der Waals surface area (Å²) in [6.07, 6.45) is 8.04. The number of amides is 2. The van der Waals surface area contributed by atoms with Gasteiger partial charge in [-0.3, -0.25) is 14.6 Å². The van der Waals surface area contributed by atoms with E-state index in [9.17, 15) is 9.59 Å². The maximum Gasteiger partial charge on any atom is 0.271 e. The van der Waals surface area contributed by atoms with Gasteiger partial charge in [-0.2, -0.15) is 0 Å². The summed E-state index contributed by atoms with van der Waals surface area (Å²) in [5.74, 6) is 0.271. The van der Waals surface area contributed by atoms with Gasteiger partial charge in [-0.1, -0.05) is 0 Å². The number of aryl methyl sites for hydroxylation is 1. The average molecular weight is 381 g/mol. The molecule has 2 bridgehead atoms. The van der Waals surface area contributed by atoms with Crippen LogP contribution in [0.15, 0.2) is 30.7 Å². The van der Waals surface area contributed by atoms with Crippen molar-refractivity contribution in [3.8, 4) is 5.88 Å². The van der Waals surface area contributed by atoms with Crippen molar-refractivity contribution in [1.29, 1.82) is 0 Å². The van der Waals surface area contributed by atoms with E-state index in [2.05, 4.69) is 20.3 Å². The summed E-state index contributed by atoms with van der Waals surface area (Å²) in [6, 6.07) is 3.74. The number of methoxy groups -OCH3 is 1. The standard InChI is InChI=1S/C20H23N5O3/c1-12-9-22-17(11-21-12)19(26)24-14-7-15-4-5-16(8-14)25(15)20(27)13-3-6-18(28-2)23-10-13/h3,6,9-11,14-16H,4-5,7-8H2,1-2H3,(H,24,26). The minimum atomic E-state index is -0.212. The second kappa shape index (κ2) is 7.53. The van der Waals surface area contributed by atoms with Gasteiger partial charge in [0, 0.05) is 36.6 Å². The summed E-state index contributed by atoms with van der Waals surface area (Å²) in [5, 5.41) is 3.06. The van der Waals surface area contributed by atoms with Crippen LogP contribution in [0.2, 0.25) is 0 Å². The van der Waals surface area contributed by atoms with Crippen molar-refractivity contribution < 1.29 is 14.3 Å². The Bertz CT molecular complexity index is 854. The third-order valence-electron chi connectivity index (χ3n) is 5.51. The van der Waals surface area contributed by atoms with E-state index in [0.717, 1.165) is 31.4 Å². The quantitative estimate of drug-likeness (QED) is 0.867. The zero-order valence-electron chi connectivity index (χ0n) is 16.0. The van der Waals surface area contributed by atoms with E-state index in [1.54, 1.807) is 31.6 Å². The molecule has 146 valence electrons. The zero-order valence-corrected chi connectivity index (χ0v) is 16.0. The molecule has 2 unspecified atom stereocenters. The van der Waals surface area contributed by atoms with Gasteiger partial charge < -0.3 is 15.0 Å². The molecule has 2 saturated heterocycles. The Balaban J connectivity index is 1.41. The van der Waals surface area contributed by atoms with Gasteiger partial charge in [0.25, 0.3) is 11.8 Å². The van der Waals surface area contributed by atoms with Crippen LogP contribution in [-0.4, -0.2) is 56.9 Å². The van der Waals surface area contributed by atoms with Gasteiger partial charge in [-0.25, -0.2) is 9.97 Å². The first-order chi connectivity index (χ1) is 13.5. The first-order valence-corrected chi connectivity index (χ1v) is 9.47. The maximum absolute atomic E-state index is 13.0. The fourth-order valence-electron chi connectivity index (χ4n) is 4.17. The SMILES string of the molecule is COc1ccc(C(=O)N2C3CCC2CC(NC(=O)c2cnc(C)cn2)C3)cn1. The predicted octanol–water partition coefficient (Wildman–Crippen LogP) is 1.75. The number of nitrogens with one attached hydrogen (secondary N) is 1. The highest BCUT2D eigenvalue weighted by Crippen LogP contribution is 2.37. The summed E-state index contributed by atoms with van der Waals surface area (Å²) in [7, 11) is 1.55. The van der Waals surface area contributed by atoms with E-state index in [-0.39, 0.29) is 29.9 Å². The molecule has 2 aliphatic rings. The monoisotopic (exact) mass is 381 g/mol. The van der Waals surface area contributed by atoms with Crippen molar-refractivity contribution in [3.63, 3.8) is 0 Å². The summed E-state index contributed by atoms with van der Waals surface area (Å²) < 4.78 is 5.06. The molecule has 2 aromatic heterocycles. The third kappa shape index (κ3) is 3.54. The maximum atomic E-state index is 13.0. The van der Waals surface area contributed by atoms with Gasteiger partial charge in [0.1, 0.15) is 5.69 Å². The van der Waals surface area contributed by atoms with E-state index in [1.807, 2.05) is 11.8 Å². The van der Waals surface area contributed by atoms with E-state index in [4.69, 9.17) is 4.74 Å². The van der Waals surface area contributed by atoms with Crippen molar-refractivity contribution in [2.45, 2.75) is 50.7 Å². The van der Waals surface area contributed by atoms with Gasteiger partial charge >= 0.3 is 0 Å². The molecule has 1 N–H and O–H groups in total. The van der Waals surface area contributed by atoms with Crippen molar-refractivity contribution in [1.82, 2.24) is 25.2 Å². The second-order valence-electron chi connectivity index (χ2n) is 7.37. The Morgan fingerprint density at radius 2 is 1.82 bits per heavy atom. The van der Waals surface area contributed by atoms with Gasteiger partial charge in [0.15, 0.2) is 0 Å². The van der Waals surface area contributed by atoms with Crippen molar-refractivity contribution >= 4 is 11.8 Å². The van der Waals surface area contributed by atoms with Crippen molar-refractivity contribution in [2.75, 3.05) is 7.11 Å². The minimum absolute atomic E-state index is 0.00293. The zero-order chi connectivity index (χ0) is 19.7. The molecule has 0 aliphatic carbocycles. The van der Waals surface area contributed by atoms with Crippen LogP contribution in [0.4, 0.5) is 0 Å². The van der Waals surface area contributed by atoms with Crippen LogP contribution in [-0.2, 0) is 0 Å². The van der Waals surface area contributed by atoms with E-state index >= 15 is 0 Å². The molecule has 2 fully saturated rings. The van der Waals surface area contributed by atoms with Crippen LogP contribution in [0.3, 0.4) is 0 Å². The highest BCUT2D eigenvalue weighted by atomic mass is 16.5. The highest BCUT2D eigenvalue weighted by Gasteiger charge is 2.43. The molecule has 0 spiro atoms. The van der Waals surface area contributed by atoms with Gasteiger partial charge in [0.2, 0.25) is 5.88 Å². The normalized spacial score (nSPS) is 23.4. The molecule has 8 nitrogen and oxygen atoms in total. The number of hydrogen-bond donors (Lipinski definition) is 1. The fraction of sp³-hybridized carbons (Fsp3) is 0.450. The number of pyridine rings is 1. The van der Waals surface area contributed by atoms with E-state index in [1.165, 1.54) is 6.20 Å². The molecular formula is C20H23N5O3.